The van der Waals surface area contributed by atoms with Crippen LogP contribution in [0.5, 0.6) is 5.75 Å². The van der Waals surface area contributed by atoms with Crippen molar-refractivity contribution in [2.75, 3.05) is 11.9 Å². The number of rotatable bonds is 8. The van der Waals surface area contributed by atoms with E-state index in [1.54, 1.807) is 0 Å². The van der Waals surface area contributed by atoms with Crippen molar-refractivity contribution in [2.45, 2.75) is 12.5 Å². The van der Waals surface area contributed by atoms with Crippen LogP contribution in [0.3, 0.4) is 0 Å². The van der Waals surface area contributed by atoms with Gasteiger partial charge < -0.3 is 15.4 Å². The minimum atomic E-state index is -0.236. The Bertz CT molecular complexity index is 1060. The fraction of sp³-hybridized carbons (Fsp3) is 0.107. The summed E-state index contributed by atoms with van der Waals surface area (Å²) in [7, 11) is 0. The van der Waals surface area contributed by atoms with Crippen LogP contribution >= 0.6 is 0 Å². The van der Waals surface area contributed by atoms with E-state index in [1.807, 2.05) is 91.0 Å². The van der Waals surface area contributed by atoms with E-state index in [9.17, 15) is 4.79 Å². The number of amides is 2. The number of ether oxygens (including phenoxy) is 1. The summed E-state index contributed by atoms with van der Waals surface area (Å²) in [6.07, 6.45) is 0. The van der Waals surface area contributed by atoms with Crippen LogP contribution in [0, 0.1) is 0 Å². The predicted octanol–water partition coefficient (Wildman–Crippen LogP) is 6.22. The van der Waals surface area contributed by atoms with Crippen LogP contribution in [-0.2, 0) is 6.61 Å². The lowest BCUT2D eigenvalue weighted by molar-refractivity contribution is 0.252. The molecule has 160 valence electrons. The number of anilines is 1. The van der Waals surface area contributed by atoms with Gasteiger partial charge in [0.2, 0.25) is 0 Å². The monoisotopic (exact) mass is 422 g/mol. The smallest absolute Gasteiger partial charge is 0.319 e. The molecule has 0 spiro atoms. The summed E-state index contributed by atoms with van der Waals surface area (Å²) in [6, 6.07) is 37.6. The number of urea groups is 1. The van der Waals surface area contributed by atoms with E-state index < -0.39 is 0 Å². The molecule has 0 bridgehead atoms. The second-order valence-corrected chi connectivity index (χ2v) is 7.51. The molecule has 0 saturated heterocycles. The van der Waals surface area contributed by atoms with E-state index in [1.165, 1.54) is 11.1 Å². The lowest BCUT2D eigenvalue weighted by atomic mass is 9.91. The highest BCUT2D eigenvalue weighted by Gasteiger charge is 2.15. The van der Waals surface area contributed by atoms with Crippen LogP contribution in [0.4, 0.5) is 10.5 Å². The fourth-order valence-corrected chi connectivity index (χ4v) is 3.54. The molecule has 0 aliphatic rings. The molecule has 2 N–H and O–H groups in total. The SMILES string of the molecule is O=C(NCC(c1ccccc1)c1ccccc1)Nc1ccc(OCc2ccccc2)cc1. The molecule has 0 fully saturated rings. The molecule has 0 aliphatic carbocycles. The van der Waals surface area contributed by atoms with Crippen molar-refractivity contribution in [3.8, 4) is 5.75 Å². The maximum atomic E-state index is 12.5. The highest BCUT2D eigenvalue weighted by molar-refractivity contribution is 5.89. The van der Waals surface area contributed by atoms with E-state index in [0.29, 0.717) is 18.8 Å². The molecule has 0 unspecified atom stereocenters. The third kappa shape index (κ3) is 5.99. The first-order chi connectivity index (χ1) is 15.8. The average Bonchev–Trinajstić information content (AvgIpc) is 2.86. The second kappa shape index (κ2) is 10.8. The lowest BCUT2D eigenvalue weighted by Crippen LogP contribution is -2.32. The number of carbonyl (C=O) groups is 1. The highest BCUT2D eigenvalue weighted by atomic mass is 16.5. The molecule has 4 aromatic carbocycles. The largest absolute Gasteiger partial charge is 0.489 e. The molecular weight excluding hydrogens is 396 g/mol. The Labute approximate surface area is 188 Å². The van der Waals surface area contributed by atoms with Crippen LogP contribution in [0.1, 0.15) is 22.6 Å². The standard InChI is InChI=1S/C28H26N2O2/c31-28(29-20-27(23-12-6-2-7-13-23)24-14-8-3-9-15-24)30-25-16-18-26(19-17-25)32-21-22-10-4-1-5-11-22/h1-19,27H,20-21H2,(H2,29,30,31). The Balaban J connectivity index is 1.32. The quantitative estimate of drug-likeness (QED) is 0.354. The van der Waals surface area contributed by atoms with Gasteiger partial charge in [0.05, 0.1) is 0 Å². The highest BCUT2D eigenvalue weighted by Crippen LogP contribution is 2.24. The van der Waals surface area contributed by atoms with Crippen molar-refractivity contribution in [1.82, 2.24) is 5.32 Å². The molecule has 4 rings (SSSR count). The van der Waals surface area contributed by atoms with Gasteiger partial charge in [0.25, 0.3) is 0 Å². The third-order valence-corrected chi connectivity index (χ3v) is 5.23. The second-order valence-electron chi connectivity index (χ2n) is 7.51. The molecule has 0 aromatic heterocycles. The van der Waals surface area contributed by atoms with Crippen molar-refractivity contribution < 1.29 is 9.53 Å². The molecular formula is C28H26N2O2. The van der Waals surface area contributed by atoms with Crippen LogP contribution in [0.15, 0.2) is 115 Å². The van der Waals surface area contributed by atoms with Crippen LogP contribution < -0.4 is 15.4 Å². The van der Waals surface area contributed by atoms with Gasteiger partial charge >= 0.3 is 6.03 Å². The number of hydrogen-bond acceptors (Lipinski definition) is 2. The Morgan fingerprint density at radius 1 is 0.688 bits per heavy atom. The van der Waals surface area contributed by atoms with Crippen molar-refractivity contribution in [1.29, 1.82) is 0 Å². The molecule has 0 heterocycles. The summed E-state index contributed by atoms with van der Waals surface area (Å²) < 4.78 is 5.80. The van der Waals surface area contributed by atoms with Gasteiger partial charge in [-0.15, -0.1) is 0 Å². The zero-order chi connectivity index (χ0) is 22.0. The van der Waals surface area contributed by atoms with Crippen LogP contribution in [-0.4, -0.2) is 12.6 Å². The number of carbonyl (C=O) groups excluding carboxylic acids is 1. The van der Waals surface area contributed by atoms with Crippen molar-refractivity contribution >= 4 is 11.7 Å². The Morgan fingerprint density at radius 3 is 1.78 bits per heavy atom. The molecule has 32 heavy (non-hydrogen) atoms. The minimum absolute atomic E-state index is 0.0805. The normalized spacial score (nSPS) is 10.5. The molecule has 4 nitrogen and oxygen atoms in total. The lowest BCUT2D eigenvalue weighted by Gasteiger charge is -2.19. The summed E-state index contributed by atoms with van der Waals surface area (Å²) in [5, 5.41) is 5.90. The molecule has 0 saturated carbocycles. The molecule has 0 atom stereocenters. The van der Waals surface area contributed by atoms with Crippen molar-refractivity contribution in [3.63, 3.8) is 0 Å². The van der Waals surface area contributed by atoms with E-state index in [-0.39, 0.29) is 11.9 Å². The molecule has 2 amide bonds. The first-order valence-electron chi connectivity index (χ1n) is 10.7. The van der Waals surface area contributed by atoms with Gasteiger partial charge in [-0.25, -0.2) is 4.79 Å². The van der Waals surface area contributed by atoms with E-state index in [2.05, 4.69) is 34.9 Å². The van der Waals surface area contributed by atoms with Gasteiger partial charge in [0.15, 0.2) is 0 Å². The maximum absolute atomic E-state index is 12.5. The first-order valence-corrected chi connectivity index (χ1v) is 10.7. The molecule has 4 heteroatoms. The zero-order valence-corrected chi connectivity index (χ0v) is 17.8. The van der Waals surface area contributed by atoms with Crippen molar-refractivity contribution in [3.05, 3.63) is 132 Å². The zero-order valence-electron chi connectivity index (χ0n) is 17.8. The summed E-state index contributed by atoms with van der Waals surface area (Å²) in [4.78, 5) is 12.5. The van der Waals surface area contributed by atoms with E-state index in [4.69, 9.17) is 4.74 Å². The number of hydrogen-bond donors (Lipinski definition) is 2. The van der Waals surface area contributed by atoms with Crippen molar-refractivity contribution in [2.24, 2.45) is 0 Å². The van der Waals surface area contributed by atoms with E-state index in [0.717, 1.165) is 11.3 Å². The van der Waals surface area contributed by atoms with Crippen LogP contribution in [0.25, 0.3) is 0 Å². The Morgan fingerprint density at radius 2 is 1.22 bits per heavy atom. The molecule has 0 radical (unpaired) electrons. The van der Waals surface area contributed by atoms with Gasteiger partial charge in [-0.3, -0.25) is 0 Å². The average molecular weight is 423 g/mol. The van der Waals surface area contributed by atoms with Gasteiger partial charge in [-0.05, 0) is 41.0 Å². The predicted molar refractivity (Wildman–Crippen MR) is 129 cm³/mol. The van der Waals surface area contributed by atoms with Gasteiger partial charge in [-0.2, -0.15) is 0 Å². The van der Waals surface area contributed by atoms with Crippen LogP contribution in [0.2, 0.25) is 0 Å². The topological polar surface area (TPSA) is 50.4 Å². The third-order valence-electron chi connectivity index (χ3n) is 5.23. The fourth-order valence-electron chi connectivity index (χ4n) is 3.54. The summed E-state index contributed by atoms with van der Waals surface area (Å²) in [6.45, 7) is 1.01. The Hall–Kier alpha value is -4.05. The van der Waals surface area contributed by atoms with E-state index >= 15 is 0 Å². The summed E-state index contributed by atoms with van der Waals surface area (Å²) in [5.74, 6) is 0.838. The maximum Gasteiger partial charge on any atom is 0.319 e. The van der Waals surface area contributed by atoms with Gasteiger partial charge in [0, 0.05) is 18.2 Å². The number of nitrogens with one attached hydrogen (secondary N) is 2. The van der Waals surface area contributed by atoms with Gasteiger partial charge in [0.1, 0.15) is 12.4 Å². The summed E-state index contributed by atoms with van der Waals surface area (Å²) in [5.41, 5.74) is 4.16. The molecule has 0 aliphatic heterocycles. The molecule has 4 aromatic rings. The summed E-state index contributed by atoms with van der Waals surface area (Å²) >= 11 is 0. The Kier molecular flexibility index (Phi) is 7.17. The first kappa shape index (κ1) is 21.2. The minimum Gasteiger partial charge on any atom is -0.489 e. The number of benzene rings is 4. The van der Waals surface area contributed by atoms with Gasteiger partial charge in [-0.1, -0.05) is 91.0 Å².